The summed E-state index contributed by atoms with van der Waals surface area (Å²) in [4.78, 5) is 2.07. The van der Waals surface area contributed by atoms with E-state index in [-0.39, 0.29) is 0 Å². The fourth-order valence-electron chi connectivity index (χ4n) is 1.94. The third kappa shape index (κ3) is 3.08. The SMILES string of the molecule is CN(C)c1cccc(NCc2cc(C#N)n(C)c2)c1. The zero-order valence-electron chi connectivity index (χ0n) is 11.5. The Bertz CT molecular complexity index is 605. The van der Waals surface area contributed by atoms with E-state index < -0.39 is 0 Å². The van der Waals surface area contributed by atoms with Gasteiger partial charge in [0.05, 0.1) is 0 Å². The van der Waals surface area contributed by atoms with E-state index in [1.54, 1.807) is 0 Å². The Morgan fingerprint density at radius 2 is 2.11 bits per heavy atom. The van der Waals surface area contributed by atoms with E-state index in [0.29, 0.717) is 12.2 Å². The molecule has 0 aliphatic heterocycles. The van der Waals surface area contributed by atoms with Crippen molar-refractivity contribution in [3.63, 3.8) is 0 Å². The summed E-state index contributed by atoms with van der Waals surface area (Å²) >= 11 is 0. The molecule has 0 aliphatic carbocycles. The molecule has 0 saturated carbocycles. The monoisotopic (exact) mass is 254 g/mol. The number of nitriles is 1. The van der Waals surface area contributed by atoms with Gasteiger partial charge in [-0.3, -0.25) is 0 Å². The van der Waals surface area contributed by atoms with Crippen molar-refractivity contribution in [1.82, 2.24) is 4.57 Å². The lowest BCUT2D eigenvalue weighted by Crippen LogP contribution is -2.09. The molecule has 0 bridgehead atoms. The number of hydrogen-bond acceptors (Lipinski definition) is 3. The first kappa shape index (κ1) is 13.0. The first-order chi connectivity index (χ1) is 9.10. The third-order valence-corrected chi connectivity index (χ3v) is 3.04. The molecular weight excluding hydrogens is 236 g/mol. The average molecular weight is 254 g/mol. The van der Waals surface area contributed by atoms with Crippen LogP contribution in [0, 0.1) is 11.3 Å². The van der Waals surface area contributed by atoms with E-state index in [9.17, 15) is 0 Å². The van der Waals surface area contributed by atoms with E-state index >= 15 is 0 Å². The molecule has 0 radical (unpaired) electrons. The number of benzene rings is 1. The Balaban J connectivity index is 2.06. The highest BCUT2D eigenvalue weighted by molar-refractivity contribution is 5.57. The summed E-state index contributed by atoms with van der Waals surface area (Å²) in [5.41, 5.74) is 4.03. The number of aromatic nitrogens is 1. The van der Waals surface area contributed by atoms with Crippen LogP contribution in [-0.2, 0) is 13.6 Å². The van der Waals surface area contributed by atoms with Crippen molar-refractivity contribution in [1.29, 1.82) is 5.26 Å². The molecule has 0 spiro atoms. The van der Waals surface area contributed by atoms with Crippen molar-refractivity contribution in [2.24, 2.45) is 7.05 Å². The summed E-state index contributed by atoms with van der Waals surface area (Å²) in [7, 11) is 5.93. The van der Waals surface area contributed by atoms with E-state index in [0.717, 1.165) is 16.9 Å². The number of rotatable bonds is 4. The normalized spacial score (nSPS) is 10.0. The Morgan fingerprint density at radius 1 is 1.32 bits per heavy atom. The molecule has 1 N–H and O–H groups in total. The summed E-state index contributed by atoms with van der Waals surface area (Å²) in [5.74, 6) is 0. The molecule has 0 saturated heterocycles. The van der Waals surface area contributed by atoms with Gasteiger partial charge in [0.1, 0.15) is 11.8 Å². The molecule has 4 heteroatoms. The lowest BCUT2D eigenvalue weighted by Gasteiger charge is -2.14. The Labute approximate surface area is 113 Å². The van der Waals surface area contributed by atoms with Crippen molar-refractivity contribution in [3.05, 3.63) is 47.8 Å². The van der Waals surface area contributed by atoms with Crippen molar-refractivity contribution < 1.29 is 0 Å². The van der Waals surface area contributed by atoms with Crippen LogP contribution in [0.4, 0.5) is 11.4 Å². The molecule has 1 heterocycles. The average Bonchev–Trinajstić information content (AvgIpc) is 2.77. The Hall–Kier alpha value is -2.41. The van der Waals surface area contributed by atoms with Crippen LogP contribution in [0.3, 0.4) is 0 Å². The first-order valence-electron chi connectivity index (χ1n) is 6.17. The molecule has 2 rings (SSSR count). The van der Waals surface area contributed by atoms with E-state index in [1.165, 1.54) is 0 Å². The zero-order chi connectivity index (χ0) is 13.8. The van der Waals surface area contributed by atoms with Crippen LogP contribution in [0.1, 0.15) is 11.3 Å². The van der Waals surface area contributed by atoms with Gasteiger partial charge in [-0.25, -0.2) is 0 Å². The number of nitrogens with zero attached hydrogens (tertiary/aromatic N) is 3. The van der Waals surface area contributed by atoms with Crippen LogP contribution in [0.2, 0.25) is 0 Å². The van der Waals surface area contributed by atoms with Gasteiger partial charge in [-0.1, -0.05) is 6.07 Å². The van der Waals surface area contributed by atoms with Gasteiger partial charge in [-0.05, 0) is 29.8 Å². The molecule has 2 aromatic rings. The van der Waals surface area contributed by atoms with Crippen molar-refractivity contribution in [2.45, 2.75) is 6.54 Å². The van der Waals surface area contributed by atoms with Gasteiger partial charge < -0.3 is 14.8 Å². The number of nitrogens with one attached hydrogen (secondary N) is 1. The van der Waals surface area contributed by atoms with Crippen molar-refractivity contribution >= 4 is 11.4 Å². The molecule has 1 aromatic heterocycles. The summed E-state index contributed by atoms with van der Waals surface area (Å²) in [6, 6.07) is 12.3. The van der Waals surface area contributed by atoms with Gasteiger partial charge >= 0.3 is 0 Å². The van der Waals surface area contributed by atoms with Gasteiger partial charge in [-0.15, -0.1) is 0 Å². The minimum Gasteiger partial charge on any atom is -0.381 e. The van der Waals surface area contributed by atoms with Gasteiger partial charge in [0, 0.05) is 45.3 Å². The predicted octanol–water partition coefficient (Wildman–Crippen LogP) is 2.57. The summed E-state index contributed by atoms with van der Waals surface area (Å²) in [6.07, 6.45) is 1.97. The number of anilines is 2. The summed E-state index contributed by atoms with van der Waals surface area (Å²) < 4.78 is 1.84. The third-order valence-electron chi connectivity index (χ3n) is 3.04. The quantitative estimate of drug-likeness (QED) is 0.912. The lowest BCUT2D eigenvalue weighted by molar-refractivity contribution is 0.902. The maximum absolute atomic E-state index is 8.92. The lowest BCUT2D eigenvalue weighted by atomic mass is 10.2. The van der Waals surface area contributed by atoms with Crippen LogP contribution in [-0.4, -0.2) is 18.7 Å². The largest absolute Gasteiger partial charge is 0.381 e. The zero-order valence-corrected chi connectivity index (χ0v) is 11.5. The minimum atomic E-state index is 0.679. The maximum Gasteiger partial charge on any atom is 0.120 e. The van der Waals surface area contributed by atoms with Crippen LogP contribution in [0.5, 0.6) is 0 Å². The Kier molecular flexibility index (Phi) is 3.76. The summed E-state index contributed by atoms with van der Waals surface area (Å²) in [6.45, 7) is 0.715. The second kappa shape index (κ2) is 5.49. The van der Waals surface area contributed by atoms with Crippen LogP contribution in [0.25, 0.3) is 0 Å². The first-order valence-corrected chi connectivity index (χ1v) is 6.17. The molecular formula is C15H18N4. The van der Waals surface area contributed by atoms with Gasteiger partial charge in [-0.2, -0.15) is 5.26 Å². The fourth-order valence-corrected chi connectivity index (χ4v) is 1.94. The topological polar surface area (TPSA) is 44.0 Å². The highest BCUT2D eigenvalue weighted by atomic mass is 15.1. The van der Waals surface area contributed by atoms with Crippen LogP contribution < -0.4 is 10.2 Å². The predicted molar refractivity (Wildman–Crippen MR) is 78.2 cm³/mol. The van der Waals surface area contributed by atoms with Crippen molar-refractivity contribution in [2.75, 3.05) is 24.3 Å². The number of hydrogen-bond donors (Lipinski definition) is 1. The maximum atomic E-state index is 8.92. The fraction of sp³-hybridized carbons (Fsp3) is 0.267. The van der Waals surface area contributed by atoms with E-state index in [2.05, 4.69) is 28.4 Å². The molecule has 0 unspecified atom stereocenters. The minimum absolute atomic E-state index is 0.679. The van der Waals surface area contributed by atoms with Gasteiger partial charge in [0.25, 0.3) is 0 Å². The molecule has 98 valence electrons. The molecule has 0 amide bonds. The van der Waals surface area contributed by atoms with E-state index in [1.807, 2.05) is 50.1 Å². The second-order valence-corrected chi connectivity index (χ2v) is 4.75. The highest BCUT2D eigenvalue weighted by Gasteiger charge is 2.02. The molecule has 0 aliphatic rings. The molecule has 4 nitrogen and oxygen atoms in total. The second-order valence-electron chi connectivity index (χ2n) is 4.75. The van der Waals surface area contributed by atoms with Crippen LogP contribution >= 0.6 is 0 Å². The molecule has 1 aromatic carbocycles. The molecule has 0 atom stereocenters. The van der Waals surface area contributed by atoms with Crippen LogP contribution in [0.15, 0.2) is 36.5 Å². The standard InChI is InChI=1S/C15H18N4/c1-18(2)14-6-4-5-13(8-14)17-10-12-7-15(9-16)19(3)11-12/h4-8,11,17H,10H2,1-3H3. The smallest absolute Gasteiger partial charge is 0.120 e. The highest BCUT2D eigenvalue weighted by Crippen LogP contribution is 2.18. The number of aryl methyl sites for hydroxylation is 1. The molecule has 19 heavy (non-hydrogen) atoms. The Morgan fingerprint density at radius 3 is 2.74 bits per heavy atom. The van der Waals surface area contributed by atoms with Gasteiger partial charge in [0.15, 0.2) is 0 Å². The van der Waals surface area contributed by atoms with Gasteiger partial charge in [0.2, 0.25) is 0 Å². The molecule has 0 fully saturated rings. The summed E-state index contributed by atoms with van der Waals surface area (Å²) in [5, 5.41) is 12.3. The van der Waals surface area contributed by atoms with E-state index in [4.69, 9.17) is 5.26 Å². The van der Waals surface area contributed by atoms with Crippen molar-refractivity contribution in [3.8, 4) is 6.07 Å².